The van der Waals surface area contributed by atoms with E-state index in [-0.39, 0.29) is 84.2 Å². The van der Waals surface area contributed by atoms with Crippen LogP contribution in [0, 0.1) is 10.1 Å². The molecule has 54 heavy (non-hydrogen) atoms. The standard InChI is InChI=1S/C35H33N5O12S.Na/c36-33(42)37-17-5-10-30(39-34(43)50-20-29-27-8-3-1-6-25(27)26-7-2-4-9-28(26)29)32(41)38-22-12-11-21(31(18-22)53(47,48)49)19-51-35(44)52-24-15-13-23(14-16-24)40(45)46;/h1-4,6-9,11-16,18,29-30H,5,10,17,19-20H2,(H,38,41)(H,39,43)(H3,36,37,42)(H,47,48,49);/q;+1/p-1/t30-;/m0./s1. The number of carbonyl (C=O) groups excluding carboxylic acids is 4. The second-order valence-electron chi connectivity index (χ2n) is 11.6. The summed E-state index contributed by atoms with van der Waals surface area (Å²) in [7, 11) is -5.17. The van der Waals surface area contributed by atoms with Gasteiger partial charge < -0.3 is 40.4 Å². The molecule has 5 rings (SSSR count). The third-order valence-electron chi connectivity index (χ3n) is 8.12. The van der Waals surface area contributed by atoms with Crippen molar-refractivity contribution in [2.24, 2.45) is 5.73 Å². The number of alkyl carbamates (subject to hydrolysis) is 1. The molecule has 19 heteroatoms. The first-order valence-corrected chi connectivity index (χ1v) is 17.3. The molecule has 0 saturated heterocycles. The first-order valence-electron chi connectivity index (χ1n) is 15.9. The van der Waals surface area contributed by atoms with E-state index in [1.54, 1.807) is 0 Å². The van der Waals surface area contributed by atoms with Crippen LogP contribution < -0.4 is 56.0 Å². The van der Waals surface area contributed by atoms with Crippen molar-refractivity contribution >= 4 is 45.7 Å². The maximum Gasteiger partial charge on any atom is 1.00 e. The number of amides is 4. The summed E-state index contributed by atoms with van der Waals surface area (Å²) >= 11 is 0. The predicted octanol–water partition coefficient (Wildman–Crippen LogP) is 1.51. The molecule has 4 aromatic rings. The fourth-order valence-corrected chi connectivity index (χ4v) is 6.40. The van der Waals surface area contributed by atoms with Gasteiger partial charge >= 0.3 is 47.8 Å². The maximum absolute atomic E-state index is 13.4. The van der Waals surface area contributed by atoms with Crippen molar-refractivity contribution in [1.82, 2.24) is 10.6 Å². The predicted molar refractivity (Wildman–Crippen MR) is 186 cm³/mol. The molecule has 17 nitrogen and oxygen atoms in total. The molecule has 0 unspecified atom stereocenters. The van der Waals surface area contributed by atoms with Crippen molar-refractivity contribution in [1.29, 1.82) is 0 Å². The molecule has 5 N–H and O–H groups in total. The van der Waals surface area contributed by atoms with E-state index in [9.17, 15) is 42.3 Å². The van der Waals surface area contributed by atoms with Crippen LogP contribution in [0.5, 0.6) is 5.75 Å². The van der Waals surface area contributed by atoms with Crippen molar-refractivity contribution in [2.75, 3.05) is 18.5 Å². The number of non-ortho nitro benzene ring substituents is 1. The zero-order valence-electron chi connectivity index (χ0n) is 28.7. The fourth-order valence-electron chi connectivity index (χ4n) is 5.68. The van der Waals surface area contributed by atoms with E-state index >= 15 is 0 Å². The maximum atomic E-state index is 13.4. The summed E-state index contributed by atoms with van der Waals surface area (Å²) in [5.74, 6) is -1.15. The SMILES string of the molecule is NC(=O)NCCC[C@H](NC(=O)OCC1c2ccccc2-c2ccccc21)C(=O)Nc1ccc(COC(=O)Oc2ccc([N+](=O)[O-])cc2)c(S(=O)(=O)[O-])c1.[Na+]. The quantitative estimate of drug-likeness (QED) is 0.0271. The van der Waals surface area contributed by atoms with Crippen molar-refractivity contribution in [3.8, 4) is 16.9 Å². The van der Waals surface area contributed by atoms with Gasteiger partial charge in [-0.05, 0) is 59.4 Å². The van der Waals surface area contributed by atoms with E-state index in [2.05, 4.69) is 16.0 Å². The number of nitrogens with one attached hydrogen (secondary N) is 3. The molecule has 1 aliphatic rings. The van der Waals surface area contributed by atoms with E-state index in [1.165, 1.54) is 6.07 Å². The summed E-state index contributed by atoms with van der Waals surface area (Å²) in [4.78, 5) is 59.1. The van der Waals surface area contributed by atoms with Gasteiger partial charge in [0, 0.05) is 35.8 Å². The normalized spacial score (nSPS) is 12.2. The van der Waals surface area contributed by atoms with Gasteiger partial charge in [-0.15, -0.1) is 0 Å². The monoisotopic (exact) mass is 769 g/mol. The molecule has 0 aliphatic heterocycles. The van der Waals surface area contributed by atoms with Crippen molar-refractivity contribution < 1.29 is 80.8 Å². The number of nitrogens with two attached hydrogens (primary N) is 1. The van der Waals surface area contributed by atoms with Gasteiger partial charge in [0.15, 0.2) is 0 Å². The van der Waals surface area contributed by atoms with Gasteiger partial charge in [-0.1, -0.05) is 54.6 Å². The number of primary amides is 1. The minimum atomic E-state index is -5.17. The number of benzene rings is 4. The zero-order chi connectivity index (χ0) is 38.1. The Hall–Kier alpha value is -5.53. The first kappa shape index (κ1) is 41.2. The number of carbonyl (C=O) groups is 4. The summed E-state index contributed by atoms with van der Waals surface area (Å²) in [5, 5.41) is 18.2. The van der Waals surface area contributed by atoms with Crippen LogP contribution >= 0.6 is 0 Å². The Morgan fingerprint density at radius 3 is 2.11 bits per heavy atom. The number of ether oxygens (including phenoxy) is 3. The number of nitrogens with zero attached hydrogens (tertiary/aromatic N) is 1. The molecule has 0 saturated carbocycles. The Morgan fingerprint density at radius 2 is 1.52 bits per heavy atom. The van der Waals surface area contributed by atoms with E-state index in [0.717, 1.165) is 58.7 Å². The molecule has 1 aliphatic carbocycles. The van der Waals surface area contributed by atoms with Crippen molar-refractivity contribution in [3.05, 3.63) is 118 Å². The Bertz CT molecular complexity index is 2100. The average molecular weight is 770 g/mol. The zero-order valence-corrected chi connectivity index (χ0v) is 31.5. The minimum absolute atomic E-state index is 0. The molecule has 0 aromatic heterocycles. The van der Waals surface area contributed by atoms with E-state index < -0.39 is 56.8 Å². The van der Waals surface area contributed by atoms with Crippen LogP contribution in [0.2, 0.25) is 0 Å². The topological polar surface area (TPSA) is 258 Å². The number of rotatable bonds is 14. The molecular formula is C35H32N5NaO12S. The van der Waals surface area contributed by atoms with E-state index in [4.69, 9.17) is 19.9 Å². The van der Waals surface area contributed by atoms with E-state index in [1.807, 2.05) is 48.5 Å². The van der Waals surface area contributed by atoms with E-state index in [0.29, 0.717) is 0 Å². The molecule has 4 aromatic carbocycles. The summed E-state index contributed by atoms with van der Waals surface area (Å²) < 4.78 is 51.9. The summed E-state index contributed by atoms with van der Waals surface area (Å²) in [6, 6.07) is 21.2. The third-order valence-corrected chi connectivity index (χ3v) is 9.04. The molecule has 0 bridgehead atoms. The van der Waals surface area contributed by atoms with Crippen molar-refractivity contribution in [3.63, 3.8) is 0 Å². The number of fused-ring (bicyclic) bond motifs is 3. The van der Waals surface area contributed by atoms with Gasteiger partial charge in [0.25, 0.3) is 5.69 Å². The van der Waals surface area contributed by atoms with Crippen LogP contribution in [0.25, 0.3) is 11.1 Å². The van der Waals surface area contributed by atoms with Gasteiger partial charge in [0.05, 0.1) is 9.82 Å². The van der Waals surface area contributed by atoms with Gasteiger partial charge in [0.2, 0.25) is 5.91 Å². The molecule has 0 fully saturated rings. The number of urea groups is 1. The fraction of sp³-hybridized carbons (Fsp3) is 0.200. The number of anilines is 1. The Kier molecular flexibility index (Phi) is 14.1. The largest absolute Gasteiger partial charge is 1.00 e. The van der Waals surface area contributed by atoms with Crippen molar-refractivity contribution in [2.45, 2.75) is 36.3 Å². The summed E-state index contributed by atoms with van der Waals surface area (Å²) in [6.07, 6.45) is -2.02. The van der Waals surface area contributed by atoms with Crippen LogP contribution in [-0.4, -0.2) is 61.3 Å². The Balaban J connectivity index is 0.00000650. The van der Waals surface area contributed by atoms with Gasteiger partial charge in [-0.3, -0.25) is 14.9 Å². The van der Waals surface area contributed by atoms with Crippen LogP contribution in [0.4, 0.5) is 25.8 Å². The molecule has 1 atom stereocenters. The molecular weight excluding hydrogens is 737 g/mol. The summed E-state index contributed by atoms with van der Waals surface area (Å²) in [6.45, 7) is -0.686. The molecule has 0 heterocycles. The number of hydrogen-bond donors (Lipinski definition) is 4. The smallest absolute Gasteiger partial charge is 0.744 e. The second-order valence-corrected chi connectivity index (χ2v) is 13.0. The first-order chi connectivity index (χ1) is 25.3. The van der Waals surface area contributed by atoms with Gasteiger partial charge in [0.1, 0.15) is 35.1 Å². The molecule has 0 spiro atoms. The number of nitro groups is 1. The van der Waals surface area contributed by atoms with Crippen LogP contribution in [0.15, 0.2) is 95.9 Å². The molecule has 0 radical (unpaired) electrons. The van der Waals surface area contributed by atoms with Crippen LogP contribution in [0.3, 0.4) is 0 Å². The van der Waals surface area contributed by atoms with Crippen LogP contribution in [0.1, 0.15) is 35.4 Å². The number of hydrogen-bond acceptors (Lipinski definition) is 12. The molecule has 276 valence electrons. The van der Waals surface area contributed by atoms with Gasteiger partial charge in [-0.25, -0.2) is 22.8 Å². The second kappa shape index (κ2) is 18.5. The average Bonchev–Trinajstić information content (AvgIpc) is 3.44. The Labute approximate surface area is 330 Å². The summed E-state index contributed by atoms with van der Waals surface area (Å²) in [5.41, 5.74) is 8.49. The van der Waals surface area contributed by atoms with Crippen LogP contribution in [-0.2, 0) is 31.0 Å². The van der Waals surface area contributed by atoms with Gasteiger partial charge in [-0.2, -0.15) is 0 Å². The number of nitro benzene ring substituents is 1. The Morgan fingerprint density at radius 1 is 0.889 bits per heavy atom. The minimum Gasteiger partial charge on any atom is -0.744 e. The molecule has 4 amide bonds. The third kappa shape index (κ3) is 10.8.